The lowest BCUT2D eigenvalue weighted by molar-refractivity contribution is -0.141. The predicted molar refractivity (Wildman–Crippen MR) is 86.6 cm³/mol. The fourth-order valence-electron chi connectivity index (χ4n) is 2.26. The zero-order valence-corrected chi connectivity index (χ0v) is 13.6. The van der Waals surface area contributed by atoms with Crippen molar-refractivity contribution in [1.82, 2.24) is 4.90 Å². The van der Waals surface area contributed by atoms with Crippen LogP contribution in [0.4, 0.5) is 0 Å². The molecule has 1 aromatic carbocycles. The summed E-state index contributed by atoms with van der Waals surface area (Å²) in [5.74, 6) is -0.914. The number of carboxylic acid groups (broad SMARTS) is 1. The number of nitrogens with zero attached hydrogens (tertiary/aromatic N) is 1. The van der Waals surface area contributed by atoms with E-state index in [1.165, 1.54) is 11.0 Å². The van der Waals surface area contributed by atoms with Crippen LogP contribution >= 0.6 is 24.0 Å². The summed E-state index contributed by atoms with van der Waals surface area (Å²) in [4.78, 5) is 24.5. The number of carbonyl (C=O) groups excluding carboxylic acids is 1. The number of carbonyl (C=O) groups is 2. The third-order valence-electron chi connectivity index (χ3n) is 3.45. The third kappa shape index (κ3) is 4.39. The van der Waals surface area contributed by atoms with Crippen molar-refractivity contribution in [2.75, 3.05) is 20.2 Å². The van der Waals surface area contributed by atoms with E-state index in [0.717, 1.165) is 0 Å². The molecule has 1 amide bonds. The second kappa shape index (κ2) is 8.06. The standard InChI is InChI=1S/C15H16ClNO4.ClH/c1-21-13-4-3-12(16)8-10(13)2-5-14(18)17-7-6-11(9-17)15(19)20;/h2-5,8,11H,6-7,9H2,1H3,(H,19,20);1H. The van der Waals surface area contributed by atoms with Gasteiger partial charge in [-0.3, -0.25) is 9.59 Å². The van der Waals surface area contributed by atoms with Gasteiger partial charge in [-0.15, -0.1) is 12.4 Å². The molecule has 0 saturated carbocycles. The minimum absolute atomic E-state index is 0. The molecule has 0 radical (unpaired) electrons. The van der Waals surface area contributed by atoms with Crippen LogP contribution < -0.4 is 4.74 Å². The van der Waals surface area contributed by atoms with Crippen LogP contribution in [0.25, 0.3) is 6.08 Å². The summed E-state index contributed by atoms with van der Waals surface area (Å²) in [5, 5.41) is 9.48. The molecular weight excluding hydrogens is 329 g/mol. The van der Waals surface area contributed by atoms with E-state index < -0.39 is 11.9 Å². The van der Waals surface area contributed by atoms with Crippen molar-refractivity contribution in [3.63, 3.8) is 0 Å². The molecule has 0 spiro atoms. The first-order valence-corrected chi connectivity index (χ1v) is 6.92. The molecule has 1 heterocycles. The Kier molecular flexibility index (Phi) is 6.71. The van der Waals surface area contributed by atoms with E-state index >= 15 is 0 Å². The molecular formula is C15H17Cl2NO4. The average molecular weight is 346 g/mol. The molecule has 1 N–H and O–H groups in total. The molecule has 1 unspecified atom stereocenters. The first kappa shape index (κ1) is 18.3. The summed E-state index contributed by atoms with van der Waals surface area (Å²) in [6.07, 6.45) is 3.54. The molecule has 1 fully saturated rings. The third-order valence-corrected chi connectivity index (χ3v) is 3.68. The second-order valence-electron chi connectivity index (χ2n) is 4.83. The van der Waals surface area contributed by atoms with Gasteiger partial charge in [-0.2, -0.15) is 0 Å². The molecule has 0 bridgehead atoms. The molecule has 22 heavy (non-hydrogen) atoms. The number of rotatable bonds is 4. The Bertz CT molecular complexity index is 589. The van der Waals surface area contributed by atoms with E-state index in [1.54, 1.807) is 31.4 Å². The largest absolute Gasteiger partial charge is 0.496 e. The van der Waals surface area contributed by atoms with Crippen LogP contribution in [0.3, 0.4) is 0 Å². The summed E-state index contributed by atoms with van der Waals surface area (Å²) in [7, 11) is 1.54. The Morgan fingerprint density at radius 2 is 2.18 bits per heavy atom. The molecule has 1 aliphatic rings. The normalized spacial score (nSPS) is 17.4. The van der Waals surface area contributed by atoms with Crippen molar-refractivity contribution < 1.29 is 19.4 Å². The Balaban J connectivity index is 0.00000242. The summed E-state index contributed by atoms with van der Waals surface area (Å²) in [6.45, 7) is 0.720. The zero-order valence-electron chi connectivity index (χ0n) is 12.0. The molecule has 120 valence electrons. The number of hydrogen-bond donors (Lipinski definition) is 1. The number of likely N-dealkylation sites (tertiary alicyclic amines) is 1. The first-order valence-electron chi connectivity index (χ1n) is 6.54. The minimum Gasteiger partial charge on any atom is -0.496 e. The monoisotopic (exact) mass is 345 g/mol. The van der Waals surface area contributed by atoms with Crippen LogP contribution in [0, 0.1) is 5.92 Å². The van der Waals surface area contributed by atoms with Crippen LogP contribution in [0.2, 0.25) is 5.02 Å². The Hall–Kier alpha value is -1.72. The molecule has 5 nitrogen and oxygen atoms in total. The highest BCUT2D eigenvalue weighted by Crippen LogP contribution is 2.24. The highest BCUT2D eigenvalue weighted by molar-refractivity contribution is 6.30. The average Bonchev–Trinajstić information content (AvgIpc) is 2.95. The van der Waals surface area contributed by atoms with Gasteiger partial charge in [0.2, 0.25) is 5.91 Å². The van der Waals surface area contributed by atoms with Crippen LogP contribution in [-0.2, 0) is 9.59 Å². The van der Waals surface area contributed by atoms with Crippen LogP contribution in [-0.4, -0.2) is 42.1 Å². The van der Waals surface area contributed by atoms with Gasteiger partial charge in [0, 0.05) is 29.8 Å². The van der Waals surface area contributed by atoms with Crippen molar-refractivity contribution in [2.24, 2.45) is 5.92 Å². The number of ether oxygens (including phenoxy) is 1. The van der Waals surface area contributed by atoms with Gasteiger partial charge in [-0.25, -0.2) is 0 Å². The van der Waals surface area contributed by atoms with E-state index in [1.807, 2.05) is 0 Å². The number of hydrogen-bond acceptors (Lipinski definition) is 3. The van der Waals surface area contributed by atoms with Crippen molar-refractivity contribution in [2.45, 2.75) is 6.42 Å². The maximum absolute atomic E-state index is 12.0. The second-order valence-corrected chi connectivity index (χ2v) is 5.26. The summed E-state index contributed by atoms with van der Waals surface area (Å²) in [6, 6.07) is 5.13. The molecule has 7 heteroatoms. The lowest BCUT2D eigenvalue weighted by Crippen LogP contribution is -2.28. The van der Waals surface area contributed by atoms with E-state index in [-0.39, 0.29) is 24.9 Å². The van der Waals surface area contributed by atoms with Crippen molar-refractivity contribution >= 4 is 42.0 Å². The van der Waals surface area contributed by atoms with Gasteiger partial charge < -0.3 is 14.7 Å². The Labute approximate surface area is 139 Å². The van der Waals surface area contributed by atoms with E-state index in [9.17, 15) is 9.59 Å². The maximum atomic E-state index is 12.0. The Morgan fingerprint density at radius 3 is 2.77 bits per heavy atom. The lowest BCUT2D eigenvalue weighted by atomic mass is 10.1. The summed E-state index contributed by atoms with van der Waals surface area (Å²) < 4.78 is 5.19. The van der Waals surface area contributed by atoms with Crippen LogP contribution in [0.5, 0.6) is 5.75 Å². The molecule has 1 aliphatic heterocycles. The van der Waals surface area contributed by atoms with Crippen molar-refractivity contribution in [3.8, 4) is 5.75 Å². The number of amides is 1. The van der Waals surface area contributed by atoms with Crippen molar-refractivity contribution in [1.29, 1.82) is 0 Å². The number of methoxy groups -OCH3 is 1. The van der Waals surface area contributed by atoms with Gasteiger partial charge in [0.05, 0.1) is 13.0 Å². The zero-order chi connectivity index (χ0) is 15.4. The molecule has 2 rings (SSSR count). The smallest absolute Gasteiger partial charge is 0.308 e. The van der Waals surface area contributed by atoms with E-state index in [2.05, 4.69) is 0 Å². The highest BCUT2D eigenvalue weighted by Gasteiger charge is 2.29. The highest BCUT2D eigenvalue weighted by atomic mass is 35.5. The Morgan fingerprint density at radius 1 is 1.45 bits per heavy atom. The van der Waals surface area contributed by atoms with Gasteiger partial charge in [0.15, 0.2) is 0 Å². The number of halogens is 2. The van der Waals surface area contributed by atoms with Gasteiger partial charge in [-0.1, -0.05) is 11.6 Å². The van der Waals surface area contributed by atoms with Crippen LogP contribution in [0.1, 0.15) is 12.0 Å². The predicted octanol–water partition coefficient (Wildman–Crippen LogP) is 2.72. The molecule has 1 atom stereocenters. The van der Waals surface area contributed by atoms with Crippen molar-refractivity contribution in [3.05, 3.63) is 34.9 Å². The number of aliphatic carboxylic acids is 1. The van der Waals surface area contributed by atoms with Gasteiger partial charge in [-0.05, 0) is 30.7 Å². The first-order chi connectivity index (χ1) is 10.0. The molecule has 0 aromatic heterocycles. The SMILES string of the molecule is COc1ccc(Cl)cc1C=CC(=O)N1CCC(C(=O)O)C1.Cl. The van der Waals surface area contributed by atoms with E-state index in [0.29, 0.717) is 29.3 Å². The van der Waals surface area contributed by atoms with Gasteiger partial charge in [0.1, 0.15) is 5.75 Å². The van der Waals surface area contributed by atoms with Crippen LogP contribution in [0.15, 0.2) is 24.3 Å². The maximum Gasteiger partial charge on any atom is 0.308 e. The summed E-state index contributed by atoms with van der Waals surface area (Å²) in [5.41, 5.74) is 0.701. The quantitative estimate of drug-likeness (QED) is 0.852. The topological polar surface area (TPSA) is 66.8 Å². The fraction of sp³-hybridized carbons (Fsp3) is 0.333. The van der Waals surface area contributed by atoms with Gasteiger partial charge >= 0.3 is 5.97 Å². The lowest BCUT2D eigenvalue weighted by Gasteiger charge is -2.13. The fourth-order valence-corrected chi connectivity index (χ4v) is 2.44. The molecule has 1 aromatic rings. The van der Waals surface area contributed by atoms with E-state index in [4.69, 9.17) is 21.4 Å². The molecule has 1 saturated heterocycles. The number of benzene rings is 1. The summed E-state index contributed by atoms with van der Waals surface area (Å²) >= 11 is 5.92. The van der Waals surface area contributed by atoms with Gasteiger partial charge in [0.25, 0.3) is 0 Å². The number of carboxylic acids is 1. The minimum atomic E-state index is -0.856. The molecule has 0 aliphatic carbocycles.